The number of hydrogen-bond donors (Lipinski definition) is 2. The van der Waals surface area contributed by atoms with E-state index in [4.69, 9.17) is 0 Å². The number of nitrogens with zero attached hydrogens (tertiary/aromatic N) is 1. The van der Waals surface area contributed by atoms with Gasteiger partial charge in [-0.05, 0) is 57.8 Å². The van der Waals surface area contributed by atoms with E-state index in [9.17, 15) is 29.7 Å². The normalized spacial score (nSPS) is 15.4. The van der Waals surface area contributed by atoms with Gasteiger partial charge in [-0.15, -0.1) is 0 Å². The van der Waals surface area contributed by atoms with E-state index in [2.05, 4.69) is 19.1 Å². The van der Waals surface area contributed by atoms with Crippen molar-refractivity contribution >= 4 is 17.9 Å². The molecule has 3 atom stereocenters. The molecule has 0 saturated carbocycles. The highest BCUT2D eigenvalue weighted by atomic mass is 16.4. The molecule has 0 aromatic heterocycles. The molecule has 0 bridgehead atoms. The molecule has 0 aliphatic heterocycles. The lowest BCUT2D eigenvalue weighted by molar-refractivity contribution is -0.935. The summed E-state index contributed by atoms with van der Waals surface area (Å²) in [5.74, 6) is -4.98. The van der Waals surface area contributed by atoms with Crippen molar-refractivity contribution in [2.45, 2.75) is 143 Å². The summed E-state index contributed by atoms with van der Waals surface area (Å²) in [7, 11) is 0. The minimum atomic E-state index is -1.14. The fraction of sp³-hybridized carbons (Fsp3) is 0.853. The van der Waals surface area contributed by atoms with Crippen molar-refractivity contribution in [2.24, 2.45) is 17.8 Å². The Hall–Kier alpha value is -1.89. The summed E-state index contributed by atoms with van der Waals surface area (Å²) in [5.41, 5.74) is 0. The second kappa shape index (κ2) is 24.7. The van der Waals surface area contributed by atoms with Crippen molar-refractivity contribution in [3.05, 3.63) is 12.2 Å². The molecule has 240 valence electrons. The van der Waals surface area contributed by atoms with Gasteiger partial charge in [0.15, 0.2) is 0 Å². The summed E-state index contributed by atoms with van der Waals surface area (Å²) < 4.78 is 0.209. The lowest BCUT2D eigenvalue weighted by atomic mass is 9.95. The Morgan fingerprint density at radius 1 is 0.585 bits per heavy atom. The molecule has 0 spiro atoms. The summed E-state index contributed by atoms with van der Waals surface area (Å²) in [6.07, 6.45) is 24.0. The lowest BCUT2D eigenvalue weighted by Gasteiger charge is -2.44. The van der Waals surface area contributed by atoms with Crippen molar-refractivity contribution in [1.82, 2.24) is 0 Å². The average molecular weight is 582 g/mol. The maximum Gasteiger partial charge on any atom is 0.312 e. The van der Waals surface area contributed by atoms with Crippen molar-refractivity contribution < 1.29 is 34.2 Å². The highest BCUT2D eigenvalue weighted by molar-refractivity contribution is 5.70. The molecule has 0 saturated heterocycles. The van der Waals surface area contributed by atoms with E-state index in [0.717, 1.165) is 38.5 Å². The van der Waals surface area contributed by atoms with E-state index in [1.165, 1.54) is 57.8 Å². The van der Waals surface area contributed by atoms with Crippen LogP contribution in [0.3, 0.4) is 0 Å². The zero-order valence-corrected chi connectivity index (χ0v) is 26.9. The highest BCUT2D eigenvalue weighted by Crippen LogP contribution is 2.25. The van der Waals surface area contributed by atoms with Gasteiger partial charge in [-0.3, -0.25) is 9.59 Å². The molecule has 7 nitrogen and oxygen atoms in total. The molecule has 0 aliphatic rings. The molecule has 0 aromatic carbocycles. The fourth-order valence-electron chi connectivity index (χ4n) is 5.91. The lowest BCUT2D eigenvalue weighted by Crippen LogP contribution is -2.59. The number of carbonyl (C=O) groups is 3. The first kappa shape index (κ1) is 39.1. The maximum absolute atomic E-state index is 12.0. The molecular formula is C34H63NO6. The minimum Gasteiger partial charge on any atom is -0.550 e. The largest absolute Gasteiger partial charge is 0.550 e. The molecule has 0 heterocycles. The van der Waals surface area contributed by atoms with Gasteiger partial charge in [0, 0.05) is 5.92 Å². The van der Waals surface area contributed by atoms with E-state index in [1.54, 1.807) is 6.92 Å². The van der Waals surface area contributed by atoms with Gasteiger partial charge in [0.2, 0.25) is 0 Å². The third-order valence-corrected chi connectivity index (χ3v) is 8.73. The first-order valence-electron chi connectivity index (χ1n) is 16.8. The highest BCUT2D eigenvalue weighted by Gasteiger charge is 2.39. The van der Waals surface area contributed by atoms with E-state index in [1.807, 2.05) is 13.8 Å². The molecular weight excluding hydrogens is 518 g/mol. The number of rotatable bonds is 29. The molecule has 0 rings (SSSR count). The maximum atomic E-state index is 12.0. The van der Waals surface area contributed by atoms with Gasteiger partial charge in [0.25, 0.3) is 0 Å². The summed E-state index contributed by atoms with van der Waals surface area (Å²) in [4.78, 5) is 35.8. The number of carboxylic acid groups (broad SMARTS) is 3. The van der Waals surface area contributed by atoms with Gasteiger partial charge in [0.1, 0.15) is 11.8 Å². The Morgan fingerprint density at radius 2 is 0.951 bits per heavy atom. The van der Waals surface area contributed by atoms with E-state index in [0.29, 0.717) is 25.8 Å². The van der Waals surface area contributed by atoms with Crippen LogP contribution in [0, 0.1) is 17.8 Å². The van der Waals surface area contributed by atoms with Crippen LogP contribution in [0.2, 0.25) is 0 Å². The van der Waals surface area contributed by atoms with Crippen molar-refractivity contribution in [2.75, 3.05) is 26.2 Å². The molecule has 0 amide bonds. The summed E-state index contributed by atoms with van der Waals surface area (Å²) in [6, 6.07) is 0. The quantitative estimate of drug-likeness (QED) is 0.0547. The first-order valence-corrected chi connectivity index (χ1v) is 16.8. The molecule has 0 fully saturated rings. The van der Waals surface area contributed by atoms with Crippen molar-refractivity contribution in [1.29, 1.82) is 0 Å². The van der Waals surface area contributed by atoms with E-state index in [-0.39, 0.29) is 24.1 Å². The predicted molar refractivity (Wildman–Crippen MR) is 165 cm³/mol. The van der Waals surface area contributed by atoms with Crippen LogP contribution in [0.25, 0.3) is 0 Å². The Balaban J connectivity index is 4.83. The van der Waals surface area contributed by atoms with Crippen LogP contribution in [0.5, 0.6) is 0 Å². The average Bonchev–Trinajstić information content (AvgIpc) is 2.94. The monoisotopic (exact) mass is 581 g/mol. The number of carbonyl (C=O) groups excluding carboxylic acids is 1. The molecule has 0 aromatic rings. The van der Waals surface area contributed by atoms with Crippen LogP contribution in [-0.2, 0) is 14.4 Å². The zero-order valence-electron chi connectivity index (χ0n) is 26.9. The van der Waals surface area contributed by atoms with E-state index < -0.39 is 35.7 Å². The van der Waals surface area contributed by atoms with Crippen LogP contribution in [0.15, 0.2) is 12.2 Å². The molecule has 2 N–H and O–H groups in total. The topological polar surface area (TPSA) is 115 Å². The van der Waals surface area contributed by atoms with Gasteiger partial charge < -0.3 is 24.6 Å². The predicted octanol–water partition coefficient (Wildman–Crippen LogP) is 7.23. The number of aliphatic carboxylic acids is 3. The Bertz CT molecular complexity index is 662. The molecule has 0 radical (unpaired) electrons. The first-order chi connectivity index (χ1) is 19.7. The molecule has 7 heteroatoms. The standard InChI is InChI=1S/C34H63NO6/c1-5-9-10-11-12-13-14-15-16-17-18-19-20-21-22-23-24-25-35(26-29(6-2)32(36)37,27-30(7-3)33(38)39)28-31(8-4)34(40)41/h18-19,29-31H,5-17,20-28H2,1-4H3,(H2-,36,37,38,39,40,41)/b19-18+. The van der Waals surface area contributed by atoms with Crippen LogP contribution in [0.4, 0.5) is 0 Å². The molecule has 3 unspecified atom stereocenters. The van der Waals surface area contributed by atoms with Crippen LogP contribution in [0.1, 0.15) is 143 Å². The smallest absolute Gasteiger partial charge is 0.312 e. The zero-order chi connectivity index (χ0) is 30.9. The third-order valence-electron chi connectivity index (χ3n) is 8.73. The summed E-state index contributed by atoms with van der Waals surface area (Å²) >= 11 is 0. The van der Waals surface area contributed by atoms with E-state index >= 15 is 0 Å². The van der Waals surface area contributed by atoms with Gasteiger partial charge >= 0.3 is 11.9 Å². The number of unbranched alkanes of at least 4 members (excludes halogenated alkanes) is 13. The second-order valence-corrected chi connectivity index (χ2v) is 12.2. The SMILES string of the molecule is CCCCCCCCCCC/C=C/CCCCCC[N+](CC(CC)C(=O)[O-])(CC(CC)C(=O)O)CC(CC)C(=O)O. The molecule has 0 aliphatic carbocycles. The minimum absolute atomic E-state index is 0.209. The van der Waals surface area contributed by atoms with Crippen LogP contribution < -0.4 is 5.11 Å². The Labute approximate surface area is 251 Å². The van der Waals surface area contributed by atoms with Crippen molar-refractivity contribution in [3.63, 3.8) is 0 Å². The number of carboxylic acids is 3. The number of hydrogen-bond acceptors (Lipinski definition) is 4. The van der Waals surface area contributed by atoms with Gasteiger partial charge in [-0.2, -0.15) is 0 Å². The third kappa shape index (κ3) is 19.0. The molecule has 41 heavy (non-hydrogen) atoms. The van der Waals surface area contributed by atoms with Gasteiger partial charge in [0.05, 0.1) is 32.1 Å². The number of allylic oxidation sites excluding steroid dienone is 2. The summed E-state index contributed by atoms with van der Waals surface area (Å²) in [6.45, 7) is 9.00. The summed E-state index contributed by atoms with van der Waals surface area (Å²) in [5, 5.41) is 31.5. The fourth-order valence-corrected chi connectivity index (χ4v) is 5.91. The van der Waals surface area contributed by atoms with Crippen molar-refractivity contribution in [3.8, 4) is 0 Å². The van der Waals surface area contributed by atoms with Gasteiger partial charge in [-0.25, -0.2) is 0 Å². The Morgan fingerprint density at radius 3 is 1.32 bits per heavy atom. The number of quaternary nitrogens is 1. The van der Waals surface area contributed by atoms with Crippen LogP contribution in [-0.4, -0.2) is 58.8 Å². The second-order valence-electron chi connectivity index (χ2n) is 12.2. The van der Waals surface area contributed by atoms with Crippen LogP contribution >= 0.6 is 0 Å². The Kier molecular flexibility index (Phi) is 23.5. The van der Waals surface area contributed by atoms with Gasteiger partial charge in [-0.1, -0.05) is 97.6 Å².